The van der Waals surface area contributed by atoms with Crippen LogP contribution in [-0.2, 0) is 4.79 Å². The molecule has 4 nitrogen and oxygen atoms in total. The number of amides is 1. The standard InChI is InChI=1S/C20H16N2O2/c1-12-5-2-8-14-17(23)11-15(18(12)14)20(24)22-16-9-3-6-13-7-4-10-21-19(13)16/h2-10,15H,11H2,1H3,(H,22,24). The molecule has 1 heterocycles. The van der Waals surface area contributed by atoms with Crippen LogP contribution in [-0.4, -0.2) is 16.7 Å². The van der Waals surface area contributed by atoms with Crippen molar-refractivity contribution in [3.8, 4) is 0 Å². The van der Waals surface area contributed by atoms with Crippen LogP contribution in [0.25, 0.3) is 10.9 Å². The van der Waals surface area contributed by atoms with Crippen LogP contribution in [0.4, 0.5) is 5.69 Å². The average molecular weight is 316 g/mol. The van der Waals surface area contributed by atoms with Gasteiger partial charge in [0.15, 0.2) is 5.78 Å². The quantitative estimate of drug-likeness (QED) is 0.781. The molecule has 24 heavy (non-hydrogen) atoms. The summed E-state index contributed by atoms with van der Waals surface area (Å²) < 4.78 is 0. The van der Waals surface area contributed by atoms with Crippen LogP contribution < -0.4 is 5.32 Å². The molecule has 4 heteroatoms. The lowest BCUT2D eigenvalue weighted by atomic mass is 9.95. The SMILES string of the molecule is Cc1cccc2c1C(C(=O)Nc1cccc3cccnc13)CC2=O. The van der Waals surface area contributed by atoms with Gasteiger partial charge < -0.3 is 5.32 Å². The Morgan fingerprint density at radius 3 is 2.79 bits per heavy atom. The largest absolute Gasteiger partial charge is 0.324 e. The van der Waals surface area contributed by atoms with Gasteiger partial charge in [-0.15, -0.1) is 0 Å². The summed E-state index contributed by atoms with van der Waals surface area (Å²) in [5.41, 5.74) is 3.93. The van der Waals surface area contributed by atoms with Crippen molar-refractivity contribution < 1.29 is 9.59 Å². The third-order valence-corrected chi connectivity index (χ3v) is 4.57. The minimum Gasteiger partial charge on any atom is -0.324 e. The van der Waals surface area contributed by atoms with Crippen molar-refractivity contribution in [3.63, 3.8) is 0 Å². The molecule has 3 aromatic rings. The lowest BCUT2D eigenvalue weighted by Crippen LogP contribution is -2.20. The van der Waals surface area contributed by atoms with Crippen molar-refractivity contribution in [3.05, 3.63) is 71.4 Å². The predicted octanol–water partition coefficient (Wildman–Crippen LogP) is 3.85. The summed E-state index contributed by atoms with van der Waals surface area (Å²) in [6, 6.07) is 15.1. The van der Waals surface area contributed by atoms with Gasteiger partial charge in [-0.2, -0.15) is 0 Å². The molecule has 0 fully saturated rings. The minimum absolute atomic E-state index is 0.0323. The number of pyridine rings is 1. The van der Waals surface area contributed by atoms with Crippen molar-refractivity contribution in [2.45, 2.75) is 19.3 Å². The van der Waals surface area contributed by atoms with Crippen LogP contribution in [0.5, 0.6) is 0 Å². The molecule has 1 unspecified atom stereocenters. The third-order valence-electron chi connectivity index (χ3n) is 4.57. The number of ketones is 1. The second-order valence-corrected chi connectivity index (χ2v) is 6.09. The summed E-state index contributed by atoms with van der Waals surface area (Å²) in [6.45, 7) is 1.94. The van der Waals surface area contributed by atoms with E-state index in [4.69, 9.17) is 0 Å². The van der Waals surface area contributed by atoms with Gasteiger partial charge in [-0.05, 0) is 30.2 Å². The zero-order valence-electron chi connectivity index (χ0n) is 13.2. The Bertz CT molecular complexity index is 973. The number of aryl methyl sites for hydroxylation is 1. The number of hydrogen-bond acceptors (Lipinski definition) is 3. The lowest BCUT2D eigenvalue weighted by molar-refractivity contribution is -0.117. The molecule has 0 bridgehead atoms. The molecule has 118 valence electrons. The van der Waals surface area contributed by atoms with Crippen molar-refractivity contribution in [2.75, 3.05) is 5.32 Å². The Morgan fingerprint density at radius 1 is 1.12 bits per heavy atom. The zero-order chi connectivity index (χ0) is 16.7. The molecule has 4 rings (SSSR count). The maximum absolute atomic E-state index is 12.8. The predicted molar refractivity (Wildman–Crippen MR) is 93.2 cm³/mol. The summed E-state index contributed by atoms with van der Waals surface area (Å²) in [5.74, 6) is -0.563. The van der Waals surface area contributed by atoms with E-state index >= 15 is 0 Å². The summed E-state index contributed by atoms with van der Waals surface area (Å²) in [6.07, 6.45) is 1.93. The number of para-hydroxylation sites is 1. The van der Waals surface area contributed by atoms with Crippen molar-refractivity contribution in [1.82, 2.24) is 4.98 Å². The maximum atomic E-state index is 12.8. The molecule has 1 aliphatic rings. The highest BCUT2D eigenvalue weighted by Crippen LogP contribution is 2.36. The van der Waals surface area contributed by atoms with Gasteiger partial charge in [0.05, 0.1) is 17.1 Å². The first-order valence-corrected chi connectivity index (χ1v) is 7.92. The maximum Gasteiger partial charge on any atom is 0.232 e. The van der Waals surface area contributed by atoms with Crippen LogP contribution in [0.3, 0.4) is 0 Å². The molecule has 1 aromatic heterocycles. The fourth-order valence-electron chi connectivity index (χ4n) is 3.43. The van der Waals surface area contributed by atoms with Crippen molar-refractivity contribution in [2.24, 2.45) is 0 Å². The number of nitrogens with zero attached hydrogens (tertiary/aromatic N) is 1. The third kappa shape index (κ3) is 2.27. The van der Waals surface area contributed by atoms with E-state index in [9.17, 15) is 9.59 Å². The molecule has 1 N–H and O–H groups in total. The van der Waals surface area contributed by atoms with Gasteiger partial charge in [0.1, 0.15) is 0 Å². The van der Waals surface area contributed by atoms with Crippen LogP contribution >= 0.6 is 0 Å². The number of benzene rings is 2. The van der Waals surface area contributed by atoms with E-state index in [1.807, 2.05) is 49.4 Å². The summed E-state index contributed by atoms with van der Waals surface area (Å²) >= 11 is 0. The highest BCUT2D eigenvalue weighted by Gasteiger charge is 2.35. The second kappa shape index (κ2) is 5.57. The molecule has 0 spiro atoms. The normalized spacial score (nSPS) is 16.2. The van der Waals surface area contributed by atoms with E-state index in [1.165, 1.54) is 0 Å². The fraction of sp³-hybridized carbons (Fsp3) is 0.150. The second-order valence-electron chi connectivity index (χ2n) is 6.09. The Labute approximate surface area is 139 Å². The zero-order valence-corrected chi connectivity index (χ0v) is 13.2. The van der Waals surface area contributed by atoms with Crippen LogP contribution in [0.15, 0.2) is 54.7 Å². The number of fused-ring (bicyclic) bond motifs is 2. The van der Waals surface area contributed by atoms with Gasteiger partial charge in [-0.25, -0.2) is 0 Å². The van der Waals surface area contributed by atoms with Gasteiger partial charge in [-0.1, -0.05) is 36.4 Å². The first kappa shape index (κ1) is 14.6. The summed E-state index contributed by atoms with van der Waals surface area (Å²) in [5, 5.41) is 3.93. The first-order chi connectivity index (χ1) is 11.6. The van der Waals surface area contributed by atoms with Gasteiger partial charge in [-0.3, -0.25) is 14.6 Å². The fourth-order valence-corrected chi connectivity index (χ4v) is 3.43. The van der Waals surface area contributed by atoms with E-state index in [0.717, 1.165) is 22.0 Å². The van der Waals surface area contributed by atoms with Gasteiger partial charge >= 0.3 is 0 Å². The van der Waals surface area contributed by atoms with Crippen LogP contribution in [0, 0.1) is 6.92 Å². The molecule has 0 radical (unpaired) electrons. The van der Waals surface area contributed by atoms with Crippen molar-refractivity contribution in [1.29, 1.82) is 0 Å². The van der Waals surface area contributed by atoms with E-state index in [0.29, 0.717) is 11.3 Å². The molecule has 0 aliphatic heterocycles. The number of nitrogens with one attached hydrogen (secondary N) is 1. The lowest BCUT2D eigenvalue weighted by Gasteiger charge is -2.14. The minimum atomic E-state index is -0.437. The van der Waals surface area contributed by atoms with Gasteiger partial charge in [0, 0.05) is 23.6 Å². The first-order valence-electron chi connectivity index (χ1n) is 7.92. The van der Waals surface area contributed by atoms with Gasteiger partial charge in [0.2, 0.25) is 5.91 Å². The van der Waals surface area contributed by atoms with E-state index in [2.05, 4.69) is 10.3 Å². The molecule has 1 aliphatic carbocycles. The summed E-state index contributed by atoms with van der Waals surface area (Å²) in [7, 11) is 0. The Balaban J connectivity index is 1.70. The number of aromatic nitrogens is 1. The Morgan fingerprint density at radius 2 is 1.92 bits per heavy atom. The molecule has 0 saturated carbocycles. The Hall–Kier alpha value is -3.01. The molecular formula is C20H16N2O2. The molecule has 1 atom stereocenters. The smallest absolute Gasteiger partial charge is 0.232 e. The van der Waals surface area contributed by atoms with Gasteiger partial charge in [0.25, 0.3) is 0 Å². The molecule has 1 amide bonds. The number of hydrogen-bond donors (Lipinski definition) is 1. The van der Waals surface area contributed by atoms with E-state index in [-0.39, 0.29) is 18.1 Å². The molecule has 2 aromatic carbocycles. The van der Waals surface area contributed by atoms with E-state index < -0.39 is 5.92 Å². The average Bonchev–Trinajstić information content (AvgIpc) is 2.94. The number of carbonyl (C=O) groups excluding carboxylic acids is 2. The summed E-state index contributed by atoms with van der Waals surface area (Å²) in [4.78, 5) is 29.4. The van der Waals surface area contributed by atoms with Crippen LogP contribution in [0.2, 0.25) is 0 Å². The van der Waals surface area contributed by atoms with E-state index in [1.54, 1.807) is 12.3 Å². The number of anilines is 1. The molecular weight excluding hydrogens is 300 g/mol. The van der Waals surface area contributed by atoms with Crippen molar-refractivity contribution >= 4 is 28.3 Å². The highest BCUT2D eigenvalue weighted by atomic mass is 16.2. The topological polar surface area (TPSA) is 59.1 Å². The highest BCUT2D eigenvalue weighted by molar-refractivity contribution is 6.11. The number of Topliss-reactive ketones (excluding diaryl/α,β-unsaturated/α-hetero) is 1. The monoisotopic (exact) mass is 316 g/mol. The van der Waals surface area contributed by atoms with Crippen LogP contribution in [0.1, 0.15) is 33.8 Å². The number of carbonyl (C=O) groups is 2. The Kier molecular flexibility index (Phi) is 3.38. The molecule has 0 saturated heterocycles. The number of rotatable bonds is 2.